The lowest BCUT2D eigenvalue weighted by atomic mass is 10.0. The molecule has 5 rings (SSSR count). The Hall–Kier alpha value is -3.07. The lowest BCUT2D eigenvalue weighted by Crippen LogP contribution is -2.39. The van der Waals surface area contributed by atoms with Crippen LogP contribution in [-0.4, -0.2) is 64.1 Å². The van der Waals surface area contributed by atoms with E-state index in [2.05, 4.69) is 39.6 Å². The second kappa shape index (κ2) is 10.7. The Labute approximate surface area is 215 Å². The van der Waals surface area contributed by atoms with Crippen LogP contribution in [-0.2, 0) is 6.18 Å². The molecule has 0 aliphatic carbocycles. The molecule has 2 saturated heterocycles. The number of carbonyl (C=O) groups is 1. The fourth-order valence-electron chi connectivity index (χ4n) is 5.66. The maximum atomic E-state index is 13.4. The number of hydrogen-bond acceptors (Lipinski definition) is 4. The van der Waals surface area contributed by atoms with Gasteiger partial charge in [-0.25, -0.2) is 0 Å². The van der Waals surface area contributed by atoms with Gasteiger partial charge in [0.25, 0.3) is 5.91 Å². The fraction of sp³-hybridized carbons (Fsp3) is 0.500. The number of benzene rings is 1. The van der Waals surface area contributed by atoms with E-state index < -0.39 is 17.6 Å². The average molecular weight is 515 g/mol. The number of pyridine rings is 1. The highest BCUT2D eigenvalue weighted by atomic mass is 19.4. The number of alkyl halides is 3. The molecular formula is C28H33F3N4O2. The molecule has 1 atom stereocenters. The average Bonchev–Trinajstić information content (AvgIpc) is 3.51. The van der Waals surface area contributed by atoms with Crippen LogP contribution in [0.4, 0.5) is 13.2 Å². The molecule has 198 valence electrons. The normalized spacial score (nSPS) is 19.6. The topological polar surface area (TPSA) is 50.6 Å². The van der Waals surface area contributed by atoms with Crippen LogP contribution < -0.4 is 4.74 Å². The number of fused-ring (bicyclic) bond motifs is 1. The molecule has 0 radical (unpaired) electrons. The number of amides is 1. The van der Waals surface area contributed by atoms with Crippen molar-refractivity contribution < 1.29 is 22.7 Å². The third kappa shape index (κ3) is 5.61. The van der Waals surface area contributed by atoms with Crippen LogP contribution in [0.1, 0.15) is 61.0 Å². The van der Waals surface area contributed by atoms with Crippen molar-refractivity contribution in [3.63, 3.8) is 0 Å². The number of carbonyl (C=O) groups excluding carboxylic acids is 1. The number of nitrogens with zero attached hydrogens (tertiary/aromatic N) is 4. The van der Waals surface area contributed by atoms with Gasteiger partial charge in [0, 0.05) is 61.2 Å². The van der Waals surface area contributed by atoms with E-state index in [0.29, 0.717) is 38.6 Å². The summed E-state index contributed by atoms with van der Waals surface area (Å²) < 4.78 is 48.3. The van der Waals surface area contributed by atoms with Gasteiger partial charge >= 0.3 is 6.18 Å². The van der Waals surface area contributed by atoms with Gasteiger partial charge in [-0.2, -0.15) is 13.2 Å². The van der Waals surface area contributed by atoms with E-state index in [1.807, 2.05) is 12.3 Å². The van der Waals surface area contributed by atoms with Gasteiger partial charge in [-0.15, -0.1) is 0 Å². The van der Waals surface area contributed by atoms with Crippen LogP contribution in [0, 0.1) is 0 Å². The summed E-state index contributed by atoms with van der Waals surface area (Å²) in [6, 6.07) is 9.90. The van der Waals surface area contributed by atoms with Crippen LogP contribution in [0.2, 0.25) is 0 Å². The van der Waals surface area contributed by atoms with E-state index in [0.717, 1.165) is 48.1 Å². The zero-order valence-corrected chi connectivity index (χ0v) is 21.1. The van der Waals surface area contributed by atoms with E-state index in [-0.39, 0.29) is 11.6 Å². The van der Waals surface area contributed by atoms with Crippen LogP contribution in [0.5, 0.6) is 5.75 Å². The molecular weight excluding hydrogens is 481 g/mol. The largest absolute Gasteiger partial charge is 0.494 e. The first-order valence-corrected chi connectivity index (χ1v) is 13.1. The van der Waals surface area contributed by atoms with Gasteiger partial charge in [-0.3, -0.25) is 9.78 Å². The van der Waals surface area contributed by atoms with Crippen LogP contribution >= 0.6 is 0 Å². The summed E-state index contributed by atoms with van der Waals surface area (Å²) in [5, 5.41) is 1.09. The number of piperidine rings is 1. The summed E-state index contributed by atoms with van der Waals surface area (Å²) >= 11 is 0. The van der Waals surface area contributed by atoms with Crippen molar-refractivity contribution in [3.05, 3.63) is 60.0 Å². The van der Waals surface area contributed by atoms with E-state index in [4.69, 9.17) is 4.74 Å². The maximum Gasteiger partial charge on any atom is 0.417 e. The first kappa shape index (κ1) is 25.6. The zero-order valence-electron chi connectivity index (χ0n) is 21.1. The van der Waals surface area contributed by atoms with Crippen molar-refractivity contribution in [1.29, 1.82) is 0 Å². The molecule has 0 saturated carbocycles. The van der Waals surface area contributed by atoms with Gasteiger partial charge in [0.15, 0.2) is 0 Å². The Morgan fingerprint density at radius 3 is 2.65 bits per heavy atom. The predicted molar refractivity (Wildman–Crippen MR) is 136 cm³/mol. The van der Waals surface area contributed by atoms with Gasteiger partial charge in [0.05, 0.1) is 17.7 Å². The smallest absolute Gasteiger partial charge is 0.417 e. The Bertz CT molecular complexity index is 1230. The summed E-state index contributed by atoms with van der Waals surface area (Å²) in [7, 11) is 0. The van der Waals surface area contributed by atoms with Crippen molar-refractivity contribution >= 4 is 16.8 Å². The predicted octanol–water partition coefficient (Wildman–Crippen LogP) is 5.79. The monoisotopic (exact) mass is 514 g/mol. The van der Waals surface area contributed by atoms with Gasteiger partial charge in [-0.05, 0) is 75.9 Å². The molecule has 0 unspecified atom stereocenters. The Morgan fingerprint density at radius 2 is 1.92 bits per heavy atom. The summed E-state index contributed by atoms with van der Waals surface area (Å²) in [6.45, 7) is 6.02. The third-order valence-electron chi connectivity index (χ3n) is 7.74. The third-order valence-corrected chi connectivity index (χ3v) is 7.74. The minimum atomic E-state index is -4.59. The summed E-state index contributed by atoms with van der Waals surface area (Å²) in [6.07, 6.45) is 4.46. The minimum Gasteiger partial charge on any atom is -0.494 e. The summed E-state index contributed by atoms with van der Waals surface area (Å²) in [5.74, 6) is 0.245. The highest BCUT2D eigenvalue weighted by Crippen LogP contribution is 2.34. The molecule has 2 aliphatic heterocycles. The quantitative estimate of drug-likeness (QED) is 0.375. The molecule has 2 fully saturated rings. The standard InChI is InChI=1S/C28H33F3N4O2/c1-20-4-2-12-33(20)13-3-17-37-23-5-6-26-21(18-23)8-16-35(26)22-9-14-34(15-10-22)27(36)24-19-32-11-7-25(24)28(29,30)31/h5-8,11,16,18-20,22H,2-4,9-10,12-15,17H2,1H3/t20-/m1/s1. The number of hydrogen-bond donors (Lipinski definition) is 0. The fourth-order valence-corrected chi connectivity index (χ4v) is 5.66. The van der Waals surface area contributed by atoms with E-state index in [1.165, 1.54) is 24.3 Å². The molecule has 3 aromatic rings. The van der Waals surface area contributed by atoms with Gasteiger partial charge in [0.2, 0.25) is 0 Å². The number of rotatable bonds is 7. The Balaban J connectivity index is 1.17. The van der Waals surface area contributed by atoms with Gasteiger partial charge in [-0.1, -0.05) is 0 Å². The minimum absolute atomic E-state index is 0.173. The molecule has 4 heterocycles. The van der Waals surface area contributed by atoms with Crippen molar-refractivity contribution in [3.8, 4) is 5.75 Å². The second-order valence-electron chi connectivity index (χ2n) is 10.1. The molecule has 1 aromatic carbocycles. The summed E-state index contributed by atoms with van der Waals surface area (Å²) in [4.78, 5) is 20.7. The number of ether oxygens (including phenoxy) is 1. The van der Waals surface area contributed by atoms with Crippen LogP contribution in [0.15, 0.2) is 48.9 Å². The first-order chi connectivity index (χ1) is 17.8. The van der Waals surface area contributed by atoms with E-state index in [1.54, 1.807) is 0 Å². The molecule has 0 spiro atoms. The lowest BCUT2D eigenvalue weighted by molar-refractivity contribution is -0.138. The number of aromatic nitrogens is 2. The van der Waals surface area contributed by atoms with E-state index >= 15 is 0 Å². The van der Waals surface area contributed by atoms with Crippen molar-refractivity contribution in [2.75, 3.05) is 32.8 Å². The van der Waals surface area contributed by atoms with Crippen LogP contribution in [0.3, 0.4) is 0 Å². The number of halogens is 3. The molecule has 0 N–H and O–H groups in total. The number of likely N-dealkylation sites (tertiary alicyclic amines) is 2. The second-order valence-corrected chi connectivity index (χ2v) is 10.1. The molecule has 1 amide bonds. The van der Waals surface area contributed by atoms with E-state index in [9.17, 15) is 18.0 Å². The van der Waals surface area contributed by atoms with Crippen molar-refractivity contribution in [1.82, 2.24) is 19.4 Å². The Kier molecular flexibility index (Phi) is 7.42. The lowest BCUT2D eigenvalue weighted by Gasteiger charge is -2.33. The maximum absolute atomic E-state index is 13.4. The van der Waals surface area contributed by atoms with Gasteiger partial charge in [0.1, 0.15) is 5.75 Å². The molecule has 2 aromatic heterocycles. The molecule has 37 heavy (non-hydrogen) atoms. The zero-order chi connectivity index (χ0) is 26.0. The molecule has 9 heteroatoms. The highest BCUT2D eigenvalue weighted by molar-refractivity contribution is 5.95. The van der Waals surface area contributed by atoms with Crippen molar-refractivity contribution in [2.24, 2.45) is 0 Å². The Morgan fingerprint density at radius 1 is 1.11 bits per heavy atom. The SMILES string of the molecule is C[C@@H]1CCCN1CCCOc1ccc2c(ccn2C2CCN(C(=O)c3cnccc3C(F)(F)F)CC2)c1. The molecule has 0 bridgehead atoms. The first-order valence-electron chi connectivity index (χ1n) is 13.1. The molecule has 2 aliphatic rings. The highest BCUT2D eigenvalue weighted by Gasteiger charge is 2.37. The molecule has 6 nitrogen and oxygen atoms in total. The van der Waals surface area contributed by atoms with Gasteiger partial charge < -0.3 is 19.1 Å². The van der Waals surface area contributed by atoms with Crippen molar-refractivity contribution in [2.45, 2.75) is 57.3 Å². The van der Waals surface area contributed by atoms with Crippen LogP contribution in [0.25, 0.3) is 10.9 Å². The summed E-state index contributed by atoms with van der Waals surface area (Å²) in [5.41, 5.74) is -0.230.